The van der Waals surface area contributed by atoms with Gasteiger partial charge in [-0.25, -0.2) is 18.1 Å². The Balaban J connectivity index is 2.19. The van der Waals surface area contributed by atoms with E-state index < -0.39 is 10.0 Å². The van der Waals surface area contributed by atoms with Crippen molar-refractivity contribution in [1.29, 1.82) is 0 Å². The molecule has 0 saturated carbocycles. The van der Waals surface area contributed by atoms with Gasteiger partial charge < -0.3 is 10.5 Å². The van der Waals surface area contributed by atoms with E-state index in [1.807, 2.05) is 6.92 Å². The highest BCUT2D eigenvalue weighted by Gasteiger charge is 2.16. The van der Waals surface area contributed by atoms with E-state index >= 15 is 0 Å². The summed E-state index contributed by atoms with van der Waals surface area (Å²) in [7, 11) is -3.60. The number of sulfonamides is 1. The van der Waals surface area contributed by atoms with E-state index in [2.05, 4.69) is 9.71 Å². The Morgan fingerprint density at radius 3 is 2.86 bits per heavy atom. The fraction of sp³-hybridized carbons (Fsp3) is 0.308. The van der Waals surface area contributed by atoms with Gasteiger partial charge >= 0.3 is 0 Å². The minimum Gasteiger partial charge on any atom is -0.494 e. The van der Waals surface area contributed by atoms with Gasteiger partial charge in [-0.15, -0.1) is 11.3 Å². The lowest BCUT2D eigenvalue weighted by Gasteiger charge is -2.11. The summed E-state index contributed by atoms with van der Waals surface area (Å²) >= 11 is 1.40. The zero-order chi connectivity index (χ0) is 15.3. The molecule has 114 valence electrons. The van der Waals surface area contributed by atoms with E-state index in [1.54, 1.807) is 17.6 Å². The summed E-state index contributed by atoms with van der Waals surface area (Å²) in [6.45, 7) is 2.75. The average molecular weight is 327 g/mol. The molecule has 1 heterocycles. The molecule has 1 aromatic heterocycles. The van der Waals surface area contributed by atoms with E-state index in [0.717, 1.165) is 0 Å². The van der Waals surface area contributed by atoms with E-state index in [-0.39, 0.29) is 18.0 Å². The Bertz CT molecular complexity index is 685. The van der Waals surface area contributed by atoms with Crippen LogP contribution in [0.5, 0.6) is 5.75 Å². The Kier molecular flexibility index (Phi) is 5.29. The molecular weight excluding hydrogens is 310 g/mol. The summed E-state index contributed by atoms with van der Waals surface area (Å²) in [4.78, 5) is 4.21. The molecule has 0 atom stereocenters. The Hall–Kier alpha value is -1.48. The highest BCUT2D eigenvalue weighted by atomic mass is 32.2. The molecule has 0 amide bonds. The summed E-state index contributed by atoms with van der Waals surface area (Å²) in [5.74, 6) is 0.610. The standard InChI is InChI=1S/C13H17N3O3S2/c1-2-19-12-4-3-11(7-10(12)8-14)21(17,18)16-9-13-15-5-6-20-13/h3-7,16H,2,8-9,14H2,1H3. The number of ether oxygens (including phenoxy) is 1. The van der Waals surface area contributed by atoms with E-state index in [9.17, 15) is 8.42 Å². The minimum absolute atomic E-state index is 0.169. The van der Waals surface area contributed by atoms with Crippen LogP contribution in [-0.2, 0) is 23.1 Å². The van der Waals surface area contributed by atoms with Crippen molar-refractivity contribution < 1.29 is 13.2 Å². The van der Waals surface area contributed by atoms with Crippen LogP contribution in [0.25, 0.3) is 0 Å². The third-order valence-corrected chi connectivity index (χ3v) is 4.94. The van der Waals surface area contributed by atoms with Crippen molar-refractivity contribution in [2.24, 2.45) is 5.73 Å². The number of rotatable bonds is 7. The smallest absolute Gasteiger partial charge is 0.240 e. The summed E-state index contributed by atoms with van der Waals surface area (Å²) in [6.07, 6.45) is 1.64. The molecule has 0 aliphatic rings. The van der Waals surface area contributed by atoms with Gasteiger partial charge in [0.1, 0.15) is 10.8 Å². The number of aromatic nitrogens is 1. The molecule has 0 fully saturated rings. The number of nitrogens with two attached hydrogens (primary N) is 1. The molecule has 6 nitrogen and oxygen atoms in total. The van der Waals surface area contributed by atoms with Crippen LogP contribution in [0.3, 0.4) is 0 Å². The third kappa shape index (κ3) is 4.01. The lowest BCUT2D eigenvalue weighted by Crippen LogP contribution is -2.23. The number of hydrogen-bond acceptors (Lipinski definition) is 6. The first-order valence-electron chi connectivity index (χ1n) is 6.40. The van der Waals surface area contributed by atoms with Crippen LogP contribution in [0.15, 0.2) is 34.7 Å². The second kappa shape index (κ2) is 6.99. The second-order valence-electron chi connectivity index (χ2n) is 4.16. The van der Waals surface area contributed by atoms with Gasteiger partial charge in [-0.1, -0.05) is 0 Å². The Morgan fingerprint density at radius 2 is 2.24 bits per heavy atom. The van der Waals surface area contributed by atoms with Gasteiger partial charge in [0, 0.05) is 23.7 Å². The molecule has 2 rings (SSSR count). The zero-order valence-corrected chi connectivity index (χ0v) is 13.2. The molecule has 2 aromatic rings. The maximum atomic E-state index is 12.2. The van der Waals surface area contributed by atoms with Crippen LogP contribution in [0.2, 0.25) is 0 Å². The first-order chi connectivity index (χ1) is 10.1. The molecule has 0 aliphatic carbocycles. The Morgan fingerprint density at radius 1 is 1.43 bits per heavy atom. The van der Waals surface area contributed by atoms with Gasteiger partial charge in [0.05, 0.1) is 18.0 Å². The number of nitrogens with one attached hydrogen (secondary N) is 1. The first kappa shape index (κ1) is 15.9. The number of thiazole rings is 1. The fourth-order valence-electron chi connectivity index (χ4n) is 1.76. The first-order valence-corrected chi connectivity index (χ1v) is 8.77. The van der Waals surface area contributed by atoms with Gasteiger partial charge in [0.15, 0.2) is 0 Å². The second-order valence-corrected chi connectivity index (χ2v) is 6.90. The average Bonchev–Trinajstić information content (AvgIpc) is 2.99. The molecule has 21 heavy (non-hydrogen) atoms. The number of nitrogens with zero attached hydrogens (tertiary/aromatic N) is 1. The van der Waals surface area contributed by atoms with E-state index in [0.29, 0.717) is 22.9 Å². The van der Waals surface area contributed by atoms with Gasteiger partial charge in [-0.2, -0.15) is 0 Å². The van der Waals surface area contributed by atoms with Gasteiger partial charge in [0.25, 0.3) is 0 Å². The Labute approximate surface area is 128 Å². The SMILES string of the molecule is CCOc1ccc(S(=O)(=O)NCc2nccs2)cc1CN. The highest BCUT2D eigenvalue weighted by Crippen LogP contribution is 2.22. The summed E-state index contributed by atoms with van der Waals surface area (Å²) in [6, 6.07) is 4.67. The molecule has 0 spiro atoms. The van der Waals surface area contributed by atoms with E-state index in [4.69, 9.17) is 10.5 Å². The molecule has 3 N–H and O–H groups in total. The van der Waals surface area contributed by atoms with Crippen molar-refractivity contribution >= 4 is 21.4 Å². The fourth-order valence-corrected chi connectivity index (χ4v) is 3.44. The van der Waals surface area contributed by atoms with Crippen molar-refractivity contribution in [1.82, 2.24) is 9.71 Å². The topological polar surface area (TPSA) is 94.3 Å². The molecular formula is C13H17N3O3S2. The molecule has 0 bridgehead atoms. The van der Waals surface area contributed by atoms with Crippen LogP contribution >= 0.6 is 11.3 Å². The zero-order valence-electron chi connectivity index (χ0n) is 11.6. The monoisotopic (exact) mass is 327 g/mol. The highest BCUT2D eigenvalue weighted by molar-refractivity contribution is 7.89. The van der Waals surface area contributed by atoms with Crippen LogP contribution in [0.1, 0.15) is 17.5 Å². The van der Waals surface area contributed by atoms with Crippen molar-refractivity contribution in [2.45, 2.75) is 24.9 Å². The van der Waals surface area contributed by atoms with Gasteiger partial charge in [0.2, 0.25) is 10.0 Å². The van der Waals surface area contributed by atoms with Gasteiger partial charge in [-0.3, -0.25) is 0 Å². The van der Waals surface area contributed by atoms with Crippen LogP contribution in [0.4, 0.5) is 0 Å². The summed E-state index contributed by atoms with van der Waals surface area (Å²) in [5.41, 5.74) is 6.30. The lowest BCUT2D eigenvalue weighted by molar-refractivity contribution is 0.336. The van der Waals surface area contributed by atoms with Crippen molar-refractivity contribution in [3.63, 3.8) is 0 Å². The maximum absolute atomic E-state index is 12.2. The summed E-state index contributed by atoms with van der Waals surface area (Å²) < 4.78 is 32.4. The maximum Gasteiger partial charge on any atom is 0.240 e. The van der Waals surface area contributed by atoms with Crippen molar-refractivity contribution in [3.05, 3.63) is 40.3 Å². The predicted molar refractivity (Wildman–Crippen MR) is 81.6 cm³/mol. The minimum atomic E-state index is -3.60. The van der Waals surface area contributed by atoms with Gasteiger partial charge in [-0.05, 0) is 25.1 Å². The third-order valence-electron chi connectivity index (χ3n) is 2.76. The van der Waals surface area contributed by atoms with E-state index in [1.165, 1.54) is 23.5 Å². The quantitative estimate of drug-likeness (QED) is 0.803. The predicted octanol–water partition coefficient (Wildman–Crippen LogP) is 1.48. The molecule has 8 heteroatoms. The number of benzene rings is 1. The van der Waals surface area contributed by atoms with Crippen LogP contribution in [0, 0.1) is 0 Å². The summed E-state index contributed by atoms with van der Waals surface area (Å²) in [5, 5.41) is 2.51. The molecule has 0 unspecified atom stereocenters. The number of hydrogen-bond donors (Lipinski definition) is 2. The lowest BCUT2D eigenvalue weighted by atomic mass is 10.2. The van der Waals surface area contributed by atoms with Crippen molar-refractivity contribution in [2.75, 3.05) is 6.61 Å². The molecule has 0 saturated heterocycles. The van der Waals surface area contributed by atoms with Crippen LogP contribution < -0.4 is 15.2 Å². The molecule has 1 aromatic carbocycles. The largest absolute Gasteiger partial charge is 0.494 e. The molecule has 0 aliphatic heterocycles. The normalized spacial score (nSPS) is 11.5. The van der Waals surface area contributed by atoms with Crippen LogP contribution in [-0.4, -0.2) is 20.0 Å². The molecule has 0 radical (unpaired) electrons. The van der Waals surface area contributed by atoms with Crippen molar-refractivity contribution in [3.8, 4) is 5.75 Å².